The number of carbonyl (C=O) groups is 2. The minimum absolute atomic E-state index is 0.386. The molecule has 1 aliphatic rings. The molecule has 0 aliphatic heterocycles. The minimum Gasteiger partial charge on any atom is -0.451 e. The van der Waals surface area contributed by atoms with Crippen molar-refractivity contribution in [1.82, 2.24) is 4.98 Å². The van der Waals surface area contributed by atoms with Crippen LogP contribution < -0.4 is 5.32 Å². The van der Waals surface area contributed by atoms with E-state index in [1.54, 1.807) is 6.92 Å². The quantitative estimate of drug-likeness (QED) is 0.827. The van der Waals surface area contributed by atoms with Gasteiger partial charge in [-0.1, -0.05) is 0 Å². The molecule has 2 aromatic heterocycles. The number of aromatic nitrogens is 1. The number of esters is 1. The first kappa shape index (κ1) is 17.6. The first-order valence-corrected chi connectivity index (χ1v) is 9.58. The standard InChI is InChI=1S/C17H17N3O3S2/c1-9-15(24-10(2)19-9)17(22)23-8-14(21)20-16-12(7-18)11-5-3-4-6-13(11)25-16/h3-6,8H2,1-2H3,(H,20,21). The topological polar surface area (TPSA) is 92.1 Å². The van der Waals surface area contributed by atoms with Crippen LogP contribution in [0.25, 0.3) is 0 Å². The molecular weight excluding hydrogens is 358 g/mol. The number of nitriles is 1. The van der Waals surface area contributed by atoms with Crippen molar-refractivity contribution in [3.63, 3.8) is 0 Å². The van der Waals surface area contributed by atoms with Crippen LogP contribution in [0.3, 0.4) is 0 Å². The SMILES string of the molecule is Cc1nc(C)c(C(=O)OCC(=O)Nc2sc3c(c2C#N)CCCC3)s1. The Hall–Kier alpha value is -2.24. The lowest BCUT2D eigenvalue weighted by atomic mass is 9.96. The number of anilines is 1. The van der Waals surface area contributed by atoms with E-state index in [-0.39, 0.29) is 6.61 Å². The lowest BCUT2D eigenvalue weighted by Gasteiger charge is -2.09. The molecule has 0 fully saturated rings. The highest BCUT2D eigenvalue weighted by Gasteiger charge is 2.22. The number of carbonyl (C=O) groups excluding carboxylic acids is 2. The second-order valence-corrected chi connectivity index (χ2v) is 8.11. The Morgan fingerprint density at radius 3 is 2.72 bits per heavy atom. The molecule has 1 amide bonds. The van der Waals surface area contributed by atoms with Crippen molar-refractivity contribution in [1.29, 1.82) is 5.26 Å². The number of nitrogens with zero attached hydrogens (tertiary/aromatic N) is 2. The maximum atomic E-state index is 12.1. The highest BCUT2D eigenvalue weighted by atomic mass is 32.1. The van der Waals surface area contributed by atoms with E-state index in [9.17, 15) is 14.9 Å². The zero-order valence-electron chi connectivity index (χ0n) is 14.0. The number of thiazole rings is 1. The smallest absolute Gasteiger partial charge is 0.350 e. The predicted octanol–water partition coefficient (Wildman–Crippen LogP) is 3.37. The average molecular weight is 375 g/mol. The van der Waals surface area contributed by atoms with Gasteiger partial charge in [-0.05, 0) is 45.1 Å². The molecule has 1 N–H and O–H groups in total. The number of rotatable bonds is 4. The highest BCUT2D eigenvalue weighted by molar-refractivity contribution is 7.16. The fraction of sp³-hybridized carbons (Fsp3) is 0.412. The van der Waals surface area contributed by atoms with Crippen LogP contribution in [0.1, 0.15) is 49.2 Å². The van der Waals surface area contributed by atoms with E-state index in [0.29, 0.717) is 21.1 Å². The van der Waals surface area contributed by atoms with Crippen molar-refractivity contribution in [2.24, 2.45) is 0 Å². The third-order valence-corrected chi connectivity index (χ3v) is 6.22. The highest BCUT2D eigenvalue weighted by Crippen LogP contribution is 2.37. The van der Waals surface area contributed by atoms with E-state index in [4.69, 9.17) is 4.74 Å². The zero-order chi connectivity index (χ0) is 18.0. The van der Waals surface area contributed by atoms with Crippen molar-refractivity contribution in [2.75, 3.05) is 11.9 Å². The lowest BCUT2D eigenvalue weighted by Crippen LogP contribution is -2.20. The number of aryl methyl sites for hydroxylation is 3. The van der Waals surface area contributed by atoms with Gasteiger partial charge in [0.15, 0.2) is 6.61 Å². The number of nitrogens with one attached hydrogen (secondary N) is 1. The fourth-order valence-electron chi connectivity index (χ4n) is 2.85. The zero-order valence-corrected chi connectivity index (χ0v) is 15.6. The van der Waals surface area contributed by atoms with Crippen molar-refractivity contribution in [3.8, 4) is 6.07 Å². The molecule has 6 nitrogen and oxygen atoms in total. The molecule has 130 valence electrons. The molecule has 0 saturated heterocycles. The van der Waals surface area contributed by atoms with Crippen LogP contribution in [0.4, 0.5) is 5.00 Å². The van der Waals surface area contributed by atoms with Crippen LogP contribution in [0.2, 0.25) is 0 Å². The summed E-state index contributed by atoms with van der Waals surface area (Å²) >= 11 is 2.69. The number of fused-ring (bicyclic) bond motifs is 1. The van der Waals surface area contributed by atoms with E-state index in [1.807, 2.05) is 6.92 Å². The van der Waals surface area contributed by atoms with Gasteiger partial charge < -0.3 is 10.1 Å². The summed E-state index contributed by atoms with van der Waals surface area (Å²) in [5, 5.41) is 13.4. The molecule has 8 heteroatoms. The Bertz CT molecular complexity index is 877. The molecule has 0 atom stereocenters. The van der Waals surface area contributed by atoms with Gasteiger partial charge in [0.2, 0.25) is 0 Å². The van der Waals surface area contributed by atoms with Gasteiger partial charge in [0.25, 0.3) is 5.91 Å². The second-order valence-electron chi connectivity index (χ2n) is 5.80. The van der Waals surface area contributed by atoms with Gasteiger partial charge >= 0.3 is 5.97 Å². The van der Waals surface area contributed by atoms with Crippen LogP contribution in [0, 0.1) is 25.2 Å². The van der Waals surface area contributed by atoms with E-state index in [0.717, 1.165) is 36.3 Å². The third-order valence-electron chi connectivity index (χ3n) is 3.96. The van der Waals surface area contributed by atoms with E-state index in [2.05, 4.69) is 16.4 Å². The molecule has 1 aliphatic carbocycles. The summed E-state index contributed by atoms with van der Waals surface area (Å²) < 4.78 is 5.07. The number of ether oxygens (including phenoxy) is 1. The summed E-state index contributed by atoms with van der Waals surface area (Å²) in [6.07, 6.45) is 4.00. The van der Waals surface area contributed by atoms with Gasteiger partial charge in [-0.15, -0.1) is 22.7 Å². The summed E-state index contributed by atoms with van der Waals surface area (Å²) in [6, 6.07) is 2.19. The van der Waals surface area contributed by atoms with Crippen molar-refractivity contribution in [3.05, 3.63) is 31.6 Å². The van der Waals surface area contributed by atoms with Gasteiger partial charge in [0.05, 0.1) is 16.3 Å². The second kappa shape index (κ2) is 7.33. The maximum Gasteiger partial charge on any atom is 0.350 e. The number of hydrogen-bond donors (Lipinski definition) is 1. The first-order valence-electron chi connectivity index (χ1n) is 7.95. The number of amides is 1. The summed E-state index contributed by atoms with van der Waals surface area (Å²) in [5.74, 6) is -0.994. The van der Waals surface area contributed by atoms with E-state index < -0.39 is 11.9 Å². The van der Waals surface area contributed by atoms with Crippen LogP contribution in [-0.2, 0) is 22.4 Å². The van der Waals surface area contributed by atoms with Crippen molar-refractivity contribution < 1.29 is 14.3 Å². The van der Waals surface area contributed by atoms with Crippen LogP contribution >= 0.6 is 22.7 Å². The van der Waals surface area contributed by atoms with E-state index >= 15 is 0 Å². The minimum atomic E-state index is -0.552. The Kier molecular flexibility index (Phi) is 5.16. The maximum absolute atomic E-state index is 12.1. The molecule has 0 radical (unpaired) electrons. The first-order chi connectivity index (χ1) is 12.0. The molecular formula is C17H17N3O3S2. The molecule has 2 aromatic rings. The Morgan fingerprint density at radius 1 is 1.28 bits per heavy atom. The van der Waals surface area contributed by atoms with Gasteiger partial charge in [0, 0.05) is 4.88 Å². The third kappa shape index (κ3) is 3.72. The Morgan fingerprint density at radius 2 is 2.04 bits per heavy atom. The normalized spacial score (nSPS) is 13.0. The number of hydrogen-bond acceptors (Lipinski definition) is 7. The summed E-state index contributed by atoms with van der Waals surface area (Å²) in [4.78, 5) is 29.9. The van der Waals surface area contributed by atoms with Gasteiger partial charge in [0.1, 0.15) is 15.9 Å². The summed E-state index contributed by atoms with van der Waals surface area (Å²) in [7, 11) is 0. The summed E-state index contributed by atoms with van der Waals surface area (Å²) in [6.45, 7) is 3.15. The molecule has 0 spiro atoms. The lowest BCUT2D eigenvalue weighted by molar-refractivity contribution is -0.119. The van der Waals surface area contributed by atoms with Crippen LogP contribution in [-0.4, -0.2) is 23.5 Å². The van der Waals surface area contributed by atoms with Gasteiger partial charge in [-0.3, -0.25) is 4.79 Å². The molecule has 25 heavy (non-hydrogen) atoms. The Balaban J connectivity index is 1.63. The number of thiophene rings is 1. The van der Waals surface area contributed by atoms with E-state index in [1.165, 1.54) is 27.6 Å². The van der Waals surface area contributed by atoms with Crippen LogP contribution in [0.15, 0.2) is 0 Å². The molecule has 0 aromatic carbocycles. The average Bonchev–Trinajstić information content (AvgIpc) is 3.11. The van der Waals surface area contributed by atoms with Gasteiger partial charge in [-0.2, -0.15) is 5.26 Å². The largest absolute Gasteiger partial charge is 0.451 e. The Labute approximate surface area is 153 Å². The van der Waals surface area contributed by atoms with Crippen molar-refractivity contribution in [2.45, 2.75) is 39.5 Å². The fourth-order valence-corrected chi connectivity index (χ4v) is 4.92. The predicted molar refractivity (Wildman–Crippen MR) is 96.2 cm³/mol. The molecule has 0 bridgehead atoms. The molecule has 0 unspecified atom stereocenters. The molecule has 2 heterocycles. The molecule has 0 saturated carbocycles. The van der Waals surface area contributed by atoms with Crippen molar-refractivity contribution >= 4 is 39.6 Å². The molecule has 3 rings (SSSR count). The van der Waals surface area contributed by atoms with Gasteiger partial charge in [-0.25, -0.2) is 9.78 Å². The summed E-state index contributed by atoms with van der Waals surface area (Å²) in [5.41, 5.74) is 2.21. The monoisotopic (exact) mass is 375 g/mol. The van der Waals surface area contributed by atoms with Crippen LogP contribution in [0.5, 0.6) is 0 Å².